The third kappa shape index (κ3) is 3.77. The first kappa shape index (κ1) is 20.3. The van der Waals surface area contributed by atoms with Crippen molar-refractivity contribution in [2.24, 2.45) is 0 Å². The lowest BCUT2D eigenvalue weighted by atomic mass is 9.97. The van der Waals surface area contributed by atoms with E-state index in [4.69, 9.17) is 0 Å². The van der Waals surface area contributed by atoms with Crippen LogP contribution in [-0.4, -0.2) is 20.1 Å². The molecule has 0 N–H and O–H groups in total. The highest BCUT2D eigenvalue weighted by molar-refractivity contribution is 5.76. The second-order valence-corrected chi connectivity index (χ2v) is 6.68. The van der Waals surface area contributed by atoms with Gasteiger partial charge < -0.3 is 4.57 Å². The maximum absolute atomic E-state index is 14.5. The summed E-state index contributed by atoms with van der Waals surface area (Å²) in [5, 5.41) is 9.26. The largest absolute Gasteiger partial charge is 0.406 e. The number of alkyl halides is 3. The zero-order chi connectivity index (χ0) is 22.3. The highest BCUT2D eigenvalue weighted by atomic mass is 19.4. The van der Waals surface area contributed by atoms with Gasteiger partial charge in [0.25, 0.3) is 5.56 Å². The molecule has 10 heteroatoms. The Kier molecular flexibility index (Phi) is 4.81. The van der Waals surface area contributed by atoms with Gasteiger partial charge in [-0.15, -0.1) is 0 Å². The van der Waals surface area contributed by atoms with Crippen molar-refractivity contribution in [3.63, 3.8) is 0 Å². The Morgan fingerprint density at radius 1 is 1.03 bits per heavy atom. The number of aromatic nitrogens is 3. The predicted octanol–water partition coefficient (Wildman–Crippen LogP) is 4.54. The van der Waals surface area contributed by atoms with Crippen molar-refractivity contribution < 1.29 is 22.0 Å². The minimum Gasteiger partial charge on any atom is -0.302 e. The van der Waals surface area contributed by atoms with E-state index in [0.717, 1.165) is 24.4 Å². The van der Waals surface area contributed by atoms with Gasteiger partial charge in [-0.05, 0) is 30.3 Å². The monoisotopic (exact) mass is 430 g/mol. The van der Waals surface area contributed by atoms with Crippen LogP contribution in [0.5, 0.6) is 0 Å². The van der Waals surface area contributed by atoms with Crippen LogP contribution in [0, 0.1) is 23.0 Å². The molecule has 31 heavy (non-hydrogen) atoms. The Labute approximate surface area is 171 Å². The Bertz CT molecular complexity index is 1410. The number of benzene rings is 2. The minimum atomic E-state index is -4.57. The van der Waals surface area contributed by atoms with E-state index >= 15 is 0 Å². The standard InChI is InChI=1S/C21H11F5N4O/c22-14-2-3-15(13(7-14)9-27)16-8-12(1-4-17(16)23)18-10-28-19-20(31)29(5-6-30(18)19)11-21(24,25)26/h1-8,10H,11H2. The molecule has 156 valence electrons. The van der Waals surface area contributed by atoms with E-state index < -0.39 is 29.9 Å². The molecule has 0 aliphatic heterocycles. The molecule has 0 fully saturated rings. The van der Waals surface area contributed by atoms with Gasteiger partial charge in [-0.25, -0.2) is 13.8 Å². The number of imidazole rings is 1. The Morgan fingerprint density at radius 2 is 1.81 bits per heavy atom. The summed E-state index contributed by atoms with van der Waals surface area (Å²) in [6, 6.07) is 9.12. The minimum absolute atomic E-state index is 0.0226. The summed E-state index contributed by atoms with van der Waals surface area (Å²) in [5.74, 6) is -1.30. The molecule has 0 amide bonds. The van der Waals surface area contributed by atoms with E-state index in [9.17, 15) is 32.0 Å². The average molecular weight is 430 g/mol. The van der Waals surface area contributed by atoms with Crippen molar-refractivity contribution in [3.8, 4) is 28.5 Å². The van der Waals surface area contributed by atoms with Crippen LogP contribution in [0.3, 0.4) is 0 Å². The van der Waals surface area contributed by atoms with E-state index in [0.29, 0.717) is 15.8 Å². The molecule has 4 rings (SSSR count). The molecule has 0 bridgehead atoms. The van der Waals surface area contributed by atoms with Crippen molar-refractivity contribution in [3.05, 3.63) is 82.5 Å². The number of nitriles is 1. The van der Waals surface area contributed by atoms with E-state index in [1.165, 1.54) is 35.0 Å². The van der Waals surface area contributed by atoms with Crippen molar-refractivity contribution in [2.75, 3.05) is 0 Å². The number of rotatable bonds is 3. The van der Waals surface area contributed by atoms with Crippen molar-refractivity contribution in [2.45, 2.75) is 12.7 Å². The fourth-order valence-corrected chi connectivity index (χ4v) is 3.28. The SMILES string of the molecule is N#Cc1cc(F)ccc1-c1cc(-c2cnc3c(=O)n(CC(F)(F)F)ccn23)ccc1F. The molecule has 2 aromatic heterocycles. The maximum atomic E-state index is 14.5. The Balaban J connectivity index is 1.85. The quantitative estimate of drug-likeness (QED) is 0.449. The zero-order valence-corrected chi connectivity index (χ0v) is 15.5. The van der Waals surface area contributed by atoms with Gasteiger partial charge in [0.2, 0.25) is 5.65 Å². The fourth-order valence-electron chi connectivity index (χ4n) is 3.28. The zero-order valence-electron chi connectivity index (χ0n) is 15.5. The predicted molar refractivity (Wildman–Crippen MR) is 101 cm³/mol. The highest BCUT2D eigenvalue weighted by Crippen LogP contribution is 2.31. The first-order valence-electron chi connectivity index (χ1n) is 8.81. The molecule has 4 aromatic rings. The lowest BCUT2D eigenvalue weighted by Crippen LogP contribution is -2.28. The van der Waals surface area contributed by atoms with Gasteiger partial charge in [-0.3, -0.25) is 9.20 Å². The van der Waals surface area contributed by atoms with E-state index in [2.05, 4.69) is 4.98 Å². The molecule has 2 aromatic carbocycles. The Morgan fingerprint density at radius 3 is 2.52 bits per heavy atom. The summed E-state index contributed by atoms with van der Waals surface area (Å²) in [7, 11) is 0. The third-order valence-electron chi connectivity index (χ3n) is 4.65. The molecule has 2 heterocycles. The van der Waals surface area contributed by atoms with Gasteiger partial charge in [0, 0.05) is 29.1 Å². The van der Waals surface area contributed by atoms with Crippen LogP contribution < -0.4 is 5.56 Å². The molecule has 0 saturated heterocycles. The third-order valence-corrected chi connectivity index (χ3v) is 4.65. The summed E-state index contributed by atoms with van der Waals surface area (Å²) < 4.78 is 67.7. The van der Waals surface area contributed by atoms with Crippen LogP contribution in [0.1, 0.15) is 5.56 Å². The second-order valence-electron chi connectivity index (χ2n) is 6.68. The van der Waals surface area contributed by atoms with Crippen LogP contribution >= 0.6 is 0 Å². The van der Waals surface area contributed by atoms with Gasteiger partial charge >= 0.3 is 6.18 Å². The van der Waals surface area contributed by atoms with Crippen LogP contribution in [-0.2, 0) is 6.54 Å². The fraction of sp³-hybridized carbons (Fsp3) is 0.0952. The highest BCUT2D eigenvalue weighted by Gasteiger charge is 2.29. The molecule has 0 spiro atoms. The molecular formula is C21H11F5N4O. The number of halogens is 5. The first-order valence-corrected chi connectivity index (χ1v) is 8.81. The number of hydrogen-bond acceptors (Lipinski definition) is 3. The van der Waals surface area contributed by atoms with Crippen LogP contribution in [0.25, 0.3) is 28.0 Å². The number of hydrogen-bond donors (Lipinski definition) is 0. The van der Waals surface area contributed by atoms with Gasteiger partial charge in [0.1, 0.15) is 18.2 Å². The summed E-state index contributed by atoms with van der Waals surface area (Å²) in [6.45, 7) is -1.45. The van der Waals surface area contributed by atoms with Crippen molar-refractivity contribution in [1.29, 1.82) is 5.26 Å². The molecule has 0 atom stereocenters. The van der Waals surface area contributed by atoms with E-state index in [-0.39, 0.29) is 22.3 Å². The maximum Gasteiger partial charge on any atom is 0.406 e. The molecule has 0 aliphatic rings. The lowest BCUT2D eigenvalue weighted by molar-refractivity contribution is -0.141. The van der Waals surface area contributed by atoms with Crippen molar-refractivity contribution >= 4 is 5.65 Å². The van der Waals surface area contributed by atoms with Gasteiger partial charge in [-0.2, -0.15) is 18.4 Å². The molecule has 0 radical (unpaired) electrons. The first-order chi connectivity index (χ1) is 14.7. The topological polar surface area (TPSA) is 63.1 Å². The molecular weight excluding hydrogens is 419 g/mol. The molecule has 5 nitrogen and oxygen atoms in total. The summed E-state index contributed by atoms with van der Waals surface area (Å²) in [6.07, 6.45) is -1.04. The van der Waals surface area contributed by atoms with E-state index in [1.807, 2.05) is 6.07 Å². The van der Waals surface area contributed by atoms with Gasteiger partial charge in [0.05, 0.1) is 23.5 Å². The number of fused-ring (bicyclic) bond motifs is 1. The lowest BCUT2D eigenvalue weighted by Gasteiger charge is -2.11. The van der Waals surface area contributed by atoms with Gasteiger partial charge in [-0.1, -0.05) is 6.07 Å². The average Bonchev–Trinajstić information content (AvgIpc) is 3.14. The molecule has 0 unspecified atom stereocenters. The normalized spacial score (nSPS) is 11.6. The summed E-state index contributed by atoms with van der Waals surface area (Å²) in [4.78, 5) is 16.3. The second kappa shape index (κ2) is 7.36. The molecule has 0 aliphatic carbocycles. The van der Waals surface area contributed by atoms with E-state index in [1.54, 1.807) is 0 Å². The van der Waals surface area contributed by atoms with Crippen LogP contribution in [0.15, 0.2) is 59.8 Å². The summed E-state index contributed by atoms with van der Waals surface area (Å²) in [5.41, 5.74) is -0.313. The van der Waals surface area contributed by atoms with Gasteiger partial charge in [0.15, 0.2) is 0 Å². The van der Waals surface area contributed by atoms with Crippen molar-refractivity contribution in [1.82, 2.24) is 14.0 Å². The summed E-state index contributed by atoms with van der Waals surface area (Å²) >= 11 is 0. The van der Waals surface area contributed by atoms with Crippen LogP contribution in [0.2, 0.25) is 0 Å². The Hall–Kier alpha value is -4.00. The molecule has 0 saturated carbocycles. The smallest absolute Gasteiger partial charge is 0.302 e. The number of nitrogens with zero attached hydrogens (tertiary/aromatic N) is 4. The van der Waals surface area contributed by atoms with Crippen LogP contribution in [0.4, 0.5) is 22.0 Å².